The van der Waals surface area contributed by atoms with Gasteiger partial charge in [0.25, 0.3) is 5.56 Å². The molecule has 0 fully saturated rings. The number of nitrogens with one attached hydrogen (secondary N) is 1. The first-order valence-corrected chi connectivity index (χ1v) is 2.84. The van der Waals surface area contributed by atoms with Gasteiger partial charge in [0.1, 0.15) is 0 Å². The molecule has 49 valence electrons. The fourth-order valence-electron chi connectivity index (χ4n) is 0.842. The zero-order valence-corrected chi connectivity index (χ0v) is 5.03. The number of nitrogens with zero attached hydrogens (tertiary/aromatic N) is 2. The first kappa shape index (κ1) is 5.22. The van der Waals surface area contributed by atoms with Crippen LogP contribution < -0.4 is 11.0 Å². The summed E-state index contributed by atoms with van der Waals surface area (Å²) in [5, 5.41) is 3.59. The van der Waals surface area contributed by atoms with E-state index in [0.29, 0.717) is 5.69 Å². The maximum absolute atomic E-state index is 10.9. The van der Waals surface area contributed by atoms with Crippen LogP contribution in [0, 0.1) is 0 Å². The highest BCUT2D eigenvalue weighted by Crippen LogP contribution is 2.10. The second-order valence-corrected chi connectivity index (χ2v) is 1.96. The summed E-state index contributed by atoms with van der Waals surface area (Å²) < 4.78 is 0. The Morgan fingerprint density at radius 2 is 2.40 bits per heavy atom. The predicted octanol–water partition coefficient (Wildman–Crippen LogP) is -0.0417. The molecule has 0 unspecified atom stereocenters. The summed E-state index contributed by atoms with van der Waals surface area (Å²) in [7, 11) is 0. The molecule has 0 spiro atoms. The van der Waals surface area contributed by atoms with Crippen LogP contribution in [0.2, 0.25) is 0 Å². The molecule has 2 heterocycles. The summed E-state index contributed by atoms with van der Waals surface area (Å²) in [6, 6.07) is 1.76. The van der Waals surface area contributed by atoms with Crippen LogP contribution in [-0.2, 0) is 0 Å². The summed E-state index contributed by atoms with van der Waals surface area (Å²) in [5.41, 5.74) is 4.63. The van der Waals surface area contributed by atoms with Gasteiger partial charge in [-0.05, 0) is 6.07 Å². The second kappa shape index (κ2) is 1.70. The lowest BCUT2D eigenvalue weighted by molar-refractivity contribution is 0.967. The Hall–Kier alpha value is -1.58. The van der Waals surface area contributed by atoms with E-state index in [2.05, 4.69) is 15.5 Å². The Morgan fingerprint density at radius 1 is 1.50 bits per heavy atom. The van der Waals surface area contributed by atoms with Crippen molar-refractivity contribution in [2.45, 2.75) is 0 Å². The fraction of sp³-hybridized carbons (Fsp3) is 0. The van der Waals surface area contributed by atoms with Gasteiger partial charge in [-0.3, -0.25) is 4.79 Å². The highest BCUT2D eigenvalue weighted by atomic mass is 16.1. The van der Waals surface area contributed by atoms with Gasteiger partial charge in [0.2, 0.25) is 0 Å². The Kier molecular flexibility index (Phi) is 0.887. The van der Waals surface area contributed by atoms with Gasteiger partial charge in [-0.25, -0.2) is 0 Å². The smallest absolute Gasteiger partial charge is 0.276 e. The summed E-state index contributed by atoms with van der Waals surface area (Å²) in [4.78, 5) is 13.4. The third-order valence-electron chi connectivity index (χ3n) is 1.32. The molecule has 0 amide bonds. The molecule has 0 aromatic carbocycles. The van der Waals surface area contributed by atoms with Gasteiger partial charge in [0.05, 0.1) is 6.21 Å². The van der Waals surface area contributed by atoms with E-state index in [4.69, 9.17) is 0 Å². The average Bonchev–Trinajstić information content (AvgIpc) is 2.36. The number of H-pyrrole nitrogens is 1. The molecule has 1 N–H and O–H groups in total. The van der Waals surface area contributed by atoms with Crippen molar-refractivity contribution in [3.63, 3.8) is 0 Å². The predicted molar refractivity (Wildman–Crippen MR) is 36.5 cm³/mol. The van der Waals surface area contributed by atoms with Crippen LogP contribution in [0.4, 0.5) is 5.69 Å². The van der Waals surface area contributed by atoms with Gasteiger partial charge in [0.15, 0.2) is 5.69 Å². The number of fused-ring (bicyclic) bond motifs is 1. The third-order valence-corrected chi connectivity index (χ3v) is 1.32. The van der Waals surface area contributed by atoms with E-state index in [9.17, 15) is 4.79 Å². The molecule has 1 aliphatic heterocycles. The first-order valence-electron chi connectivity index (χ1n) is 2.84. The van der Waals surface area contributed by atoms with Crippen LogP contribution in [0.5, 0.6) is 0 Å². The van der Waals surface area contributed by atoms with Crippen LogP contribution in [0.1, 0.15) is 5.56 Å². The minimum atomic E-state index is -0.185. The highest BCUT2D eigenvalue weighted by Gasteiger charge is 2.09. The van der Waals surface area contributed by atoms with Gasteiger partial charge in [-0.15, -0.1) is 5.43 Å². The van der Waals surface area contributed by atoms with E-state index in [0.717, 1.165) is 5.56 Å². The van der Waals surface area contributed by atoms with E-state index in [1.807, 2.05) is 0 Å². The van der Waals surface area contributed by atoms with Crippen molar-refractivity contribution in [3.8, 4) is 0 Å². The number of hydrogen-bond acceptors (Lipinski definition) is 2. The molecule has 1 aromatic rings. The quantitative estimate of drug-likeness (QED) is 0.531. The molecule has 0 atom stereocenters. The van der Waals surface area contributed by atoms with Crippen LogP contribution in [0.15, 0.2) is 22.2 Å². The zero-order chi connectivity index (χ0) is 6.97. The van der Waals surface area contributed by atoms with Gasteiger partial charge < -0.3 is 4.98 Å². The number of rotatable bonds is 0. The number of aromatic amines is 1. The van der Waals surface area contributed by atoms with Gasteiger partial charge in [0, 0.05) is 11.8 Å². The van der Waals surface area contributed by atoms with Crippen LogP contribution >= 0.6 is 0 Å². The number of hydrogen-bond donors (Lipinski definition) is 1. The van der Waals surface area contributed by atoms with Crippen LogP contribution in [0.3, 0.4) is 0 Å². The Bertz CT molecular complexity index is 339. The second-order valence-electron chi connectivity index (χ2n) is 1.96. The topological polar surface area (TPSA) is 59.3 Å². The summed E-state index contributed by atoms with van der Waals surface area (Å²) >= 11 is 0. The van der Waals surface area contributed by atoms with Gasteiger partial charge in [-0.1, -0.05) is 0 Å². The zero-order valence-electron chi connectivity index (χ0n) is 5.03. The molecule has 10 heavy (non-hydrogen) atoms. The summed E-state index contributed by atoms with van der Waals surface area (Å²) in [5.74, 6) is 0. The van der Waals surface area contributed by atoms with Gasteiger partial charge >= 0.3 is 0 Å². The molecule has 1 aliphatic rings. The summed E-state index contributed by atoms with van der Waals surface area (Å²) in [6.07, 6.45) is 3.14. The van der Waals surface area contributed by atoms with Crippen LogP contribution in [-0.4, -0.2) is 11.2 Å². The van der Waals surface area contributed by atoms with E-state index in [1.54, 1.807) is 18.5 Å². The average molecular weight is 134 g/mol. The molecule has 1 aromatic heterocycles. The lowest BCUT2D eigenvalue weighted by Gasteiger charge is -1.89. The molecular weight excluding hydrogens is 130 g/mol. The third kappa shape index (κ3) is 0.556. The molecule has 1 radical (unpaired) electrons. The number of pyridine rings is 1. The lowest BCUT2D eigenvalue weighted by atomic mass is 10.2. The molecule has 0 saturated heterocycles. The molecule has 0 bridgehead atoms. The Morgan fingerprint density at radius 3 is 3.20 bits per heavy atom. The molecule has 4 heteroatoms. The van der Waals surface area contributed by atoms with Crippen molar-refractivity contribution in [2.75, 3.05) is 0 Å². The lowest BCUT2D eigenvalue weighted by Crippen LogP contribution is -2.08. The van der Waals surface area contributed by atoms with Crippen molar-refractivity contribution in [2.24, 2.45) is 5.10 Å². The molecule has 0 aliphatic carbocycles. The van der Waals surface area contributed by atoms with E-state index in [-0.39, 0.29) is 5.56 Å². The number of aromatic nitrogens is 1. The highest BCUT2D eigenvalue weighted by molar-refractivity contribution is 5.88. The van der Waals surface area contributed by atoms with Crippen molar-refractivity contribution >= 4 is 11.9 Å². The molecule has 4 nitrogen and oxygen atoms in total. The Balaban J connectivity index is 2.77. The molecule has 2 rings (SSSR count). The molecular formula is C6H4N3O. The minimum absolute atomic E-state index is 0.185. The van der Waals surface area contributed by atoms with Crippen molar-refractivity contribution in [3.05, 3.63) is 28.2 Å². The minimum Gasteiger partial charge on any atom is -0.327 e. The molecule has 0 saturated carbocycles. The maximum atomic E-state index is 10.9. The van der Waals surface area contributed by atoms with Crippen LogP contribution in [0.25, 0.3) is 0 Å². The standard InChI is InChI=1S/C6H4N3O/c10-6-5-4(1-2-7-6)3-8-9-5/h1-3H,(H,7,10). The van der Waals surface area contributed by atoms with E-state index in [1.165, 1.54) is 0 Å². The Labute approximate surface area is 56.6 Å². The maximum Gasteiger partial charge on any atom is 0.276 e. The largest absolute Gasteiger partial charge is 0.327 e. The fourth-order valence-corrected chi connectivity index (χ4v) is 0.842. The van der Waals surface area contributed by atoms with Crippen molar-refractivity contribution < 1.29 is 0 Å². The monoisotopic (exact) mass is 134 g/mol. The SMILES string of the molecule is O=c1[nH]ccc2c1[N]N=C2. The van der Waals surface area contributed by atoms with Gasteiger partial charge in [-0.2, -0.15) is 5.10 Å². The summed E-state index contributed by atoms with van der Waals surface area (Å²) in [6.45, 7) is 0. The van der Waals surface area contributed by atoms with E-state index < -0.39 is 0 Å². The van der Waals surface area contributed by atoms with Crippen molar-refractivity contribution in [1.29, 1.82) is 0 Å². The van der Waals surface area contributed by atoms with E-state index >= 15 is 0 Å². The van der Waals surface area contributed by atoms with Crippen molar-refractivity contribution in [1.82, 2.24) is 10.4 Å². The first-order chi connectivity index (χ1) is 4.88. The normalized spacial score (nSPS) is 12.8.